The SMILES string of the molecule is Cc1cccc(Sc2ccc(Sc3ccc4sc5ccccc5c(=O)c4c3)cc2C)c1. The van der Waals surface area contributed by atoms with Crippen LogP contribution in [0.15, 0.2) is 109 Å². The standard InChI is InChI=1S/C27H20OS3/c1-17-6-5-7-19(14-17)30-24-12-10-20(15-18(24)2)29-21-11-13-26-23(16-21)27(28)22-8-3-4-9-25(22)31-26/h3-16H,1-2H3. The Morgan fingerprint density at radius 2 is 1.39 bits per heavy atom. The molecule has 31 heavy (non-hydrogen) atoms. The fraction of sp³-hybridized carbons (Fsp3) is 0.0741. The van der Waals surface area contributed by atoms with Crippen molar-refractivity contribution >= 4 is 55.0 Å². The average Bonchev–Trinajstić information content (AvgIpc) is 2.76. The summed E-state index contributed by atoms with van der Waals surface area (Å²) in [5.74, 6) is 0. The predicted octanol–water partition coefficient (Wildman–Crippen LogP) is 8.33. The predicted molar refractivity (Wildman–Crippen MR) is 136 cm³/mol. The summed E-state index contributed by atoms with van der Waals surface area (Å²) < 4.78 is 2.08. The first-order valence-corrected chi connectivity index (χ1v) is 12.5. The van der Waals surface area contributed by atoms with E-state index in [1.54, 1.807) is 34.9 Å². The highest BCUT2D eigenvalue weighted by molar-refractivity contribution is 7.99. The highest BCUT2D eigenvalue weighted by Gasteiger charge is 2.09. The van der Waals surface area contributed by atoms with E-state index in [0.717, 1.165) is 25.1 Å². The van der Waals surface area contributed by atoms with Crippen LogP contribution in [0.4, 0.5) is 0 Å². The molecule has 0 bridgehead atoms. The van der Waals surface area contributed by atoms with Crippen molar-refractivity contribution in [3.05, 3.63) is 106 Å². The minimum absolute atomic E-state index is 0.118. The molecule has 5 rings (SSSR count). The third-order valence-corrected chi connectivity index (χ3v) is 8.45. The molecule has 1 aromatic heterocycles. The summed E-state index contributed by atoms with van der Waals surface area (Å²) in [6.45, 7) is 4.28. The van der Waals surface area contributed by atoms with Gasteiger partial charge in [-0.2, -0.15) is 0 Å². The molecule has 0 aliphatic rings. The number of benzene rings is 4. The van der Waals surface area contributed by atoms with E-state index < -0.39 is 0 Å². The Morgan fingerprint density at radius 3 is 2.23 bits per heavy atom. The van der Waals surface area contributed by atoms with Crippen molar-refractivity contribution in [3.63, 3.8) is 0 Å². The molecule has 1 heterocycles. The van der Waals surface area contributed by atoms with Crippen molar-refractivity contribution in [1.29, 1.82) is 0 Å². The largest absolute Gasteiger partial charge is 0.289 e. The van der Waals surface area contributed by atoms with Crippen LogP contribution in [0, 0.1) is 13.8 Å². The van der Waals surface area contributed by atoms with E-state index in [0.29, 0.717) is 0 Å². The molecule has 5 aromatic rings. The van der Waals surface area contributed by atoms with E-state index >= 15 is 0 Å². The molecule has 0 saturated heterocycles. The second-order valence-corrected chi connectivity index (χ2v) is 10.9. The number of fused-ring (bicyclic) bond motifs is 2. The van der Waals surface area contributed by atoms with Crippen molar-refractivity contribution < 1.29 is 0 Å². The minimum atomic E-state index is 0.118. The zero-order valence-electron chi connectivity index (χ0n) is 17.2. The van der Waals surface area contributed by atoms with Gasteiger partial charge in [-0.15, -0.1) is 11.3 Å². The van der Waals surface area contributed by atoms with Crippen LogP contribution in [-0.4, -0.2) is 0 Å². The lowest BCUT2D eigenvalue weighted by Gasteiger charge is -2.09. The summed E-state index contributed by atoms with van der Waals surface area (Å²) in [6.07, 6.45) is 0. The zero-order valence-corrected chi connectivity index (χ0v) is 19.7. The van der Waals surface area contributed by atoms with Crippen molar-refractivity contribution in [2.24, 2.45) is 0 Å². The van der Waals surface area contributed by atoms with Gasteiger partial charge in [0.15, 0.2) is 5.43 Å². The van der Waals surface area contributed by atoms with Gasteiger partial charge in [-0.1, -0.05) is 53.4 Å². The van der Waals surface area contributed by atoms with Crippen LogP contribution in [0.3, 0.4) is 0 Å². The van der Waals surface area contributed by atoms with Gasteiger partial charge in [0.1, 0.15) is 0 Å². The van der Waals surface area contributed by atoms with Gasteiger partial charge in [-0.05, 0) is 80.1 Å². The van der Waals surface area contributed by atoms with Crippen molar-refractivity contribution in [2.45, 2.75) is 33.4 Å². The molecule has 0 fully saturated rings. The van der Waals surface area contributed by atoms with E-state index in [9.17, 15) is 4.79 Å². The molecule has 4 heteroatoms. The molecular weight excluding hydrogens is 436 g/mol. The van der Waals surface area contributed by atoms with Crippen LogP contribution in [-0.2, 0) is 0 Å². The van der Waals surface area contributed by atoms with E-state index in [-0.39, 0.29) is 5.43 Å². The van der Waals surface area contributed by atoms with Crippen LogP contribution in [0.2, 0.25) is 0 Å². The maximum Gasteiger partial charge on any atom is 0.195 e. The second-order valence-electron chi connectivity index (χ2n) is 7.53. The zero-order chi connectivity index (χ0) is 21.4. The van der Waals surface area contributed by atoms with Crippen LogP contribution in [0.5, 0.6) is 0 Å². The van der Waals surface area contributed by atoms with Crippen LogP contribution < -0.4 is 5.43 Å². The lowest BCUT2D eigenvalue weighted by molar-refractivity contribution is 1.23. The minimum Gasteiger partial charge on any atom is -0.289 e. The van der Waals surface area contributed by atoms with Gasteiger partial charge in [0, 0.05) is 39.8 Å². The molecule has 0 amide bonds. The van der Waals surface area contributed by atoms with Crippen molar-refractivity contribution in [2.75, 3.05) is 0 Å². The fourth-order valence-corrected chi connectivity index (χ4v) is 6.60. The first-order chi connectivity index (χ1) is 15.1. The van der Waals surface area contributed by atoms with E-state index in [1.807, 2.05) is 30.3 Å². The number of rotatable bonds is 4. The van der Waals surface area contributed by atoms with Crippen molar-refractivity contribution in [3.8, 4) is 0 Å². The third kappa shape index (κ3) is 4.29. The quantitative estimate of drug-likeness (QED) is 0.253. The topological polar surface area (TPSA) is 17.1 Å². The van der Waals surface area contributed by atoms with Crippen LogP contribution >= 0.6 is 34.9 Å². The highest BCUT2D eigenvalue weighted by atomic mass is 32.2. The van der Waals surface area contributed by atoms with Gasteiger partial charge < -0.3 is 0 Å². The molecular formula is C27H20OS3. The number of aryl methyl sites for hydroxylation is 2. The molecule has 0 N–H and O–H groups in total. The molecule has 0 spiro atoms. The molecule has 152 valence electrons. The van der Waals surface area contributed by atoms with Crippen molar-refractivity contribution in [1.82, 2.24) is 0 Å². The molecule has 0 unspecified atom stereocenters. The maximum absolute atomic E-state index is 13.0. The molecule has 0 aliphatic carbocycles. The average molecular weight is 457 g/mol. The summed E-state index contributed by atoms with van der Waals surface area (Å²) in [5, 5.41) is 1.60. The first-order valence-electron chi connectivity index (χ1n) is 10.1. The van der Waals surface area contributed by atoms with E-state index in [1.165, 1.54) is 25.8 Å². The van der Waals surface area contributed by atoms with Gasteiger partial charge in [0.2, 0.25) is 0 Å². The highest BCUT2D eigenvalue weighted by Crippen LogP contribution is 2.36. The first kappa shape index (κ1) is 20.4. The van der Waals surface area contributed by atoms with E-state index in [2.05, 4.69) is 68.4 Å². The Bertz CT molecular complexity index is 1480. The Labute approximate surface area is 194 Å². The maximum atomic E-state index is 13.0. The number of hydrogen-bond donors (Lipinski definition) is 0. The summed E-state index contributed by atoms with van der Waals surface area (Å²) in [6, 6.07) is 29.3. The van der Waals surface area contributed by atoms with Gasteiger partial charge >= 0.3 is 0 Å². The second kappa shape index (κ2) is 8.54. The van der Waals surface area contributed by atoms with Gasteiger partial charge in [0.05, 0.1) is 0 Å². The lowest BCUT2D eigenvalue weighted by Crippen LogP contribution is -2.00. The number of hydrogen-bond acceptors (Lipinski definition) is 4. The third-order valence-electron chi connectivity index (χ3n) is 5.15. The van der Waals surface area contributed by atoms with Gasteiger partial charge in [-0.3, -0.25) is 4.79 Å². The summed E-state index contributed by atoms with van der Waals surface area (Å²) in [7, 11) is 0. The molecule has 0 radical (unpaired) electrons. The Balaban J connectivity index is 1.44. The van der Waals surface area contributed by atoms with E-state index in [4.69, 9.17) is 0 Å². The summed E-state index contributed by atoms with van der Waals surface area (Å²) in [4.78, 5) is 17.8. The molecule has 0 aliphatic heterocycles. The molecule has 0 saturated carbocycles. The summed E-state index contributed by atoms with van der Waals surface area (Å²) in [5.41, 5.74) is 2.65. The summed E-state index contributed by atoms with van der Waals surface area (Å²) >= 11 is 5.18. The van der Waals surface area contributed by atoms with Crippen LogP contribution in [0.25, 0.3) is 20.2 Å². The fourth-order valence-electron chi connectivity index (χ4n) is 3.59. The Hall–Kier alpha value is -2.53. The Morgan fingerprint density at radius 1 is 0.645 bits per heavy atom. The smallest absolute Gasteiger partial charge is 0.195 e. The Kier molecular flexibility index (Phi) is 5.61. The normalized spacial score (nSPS) is 11.3. The monoisotopic (exact) mass is 456 g/mol. The molecule has 1 nitrogen and oxygen atoms in total. The molecule has 0 atom stereocenters. The van der Waals surface area contributed by atoms with Crippen LogP contribution in [0.1, 0.15) is 11.1 Å². The lowest BCUT2D eigenvalue weighted by atomic mass is 10.2. The molecule has 4 aromatic carbocycles. The van der Waals surface area contributed by atoms with Gasteiger partial charge in [-0.25, -0.2) is 0 Å². The van der Waals surface area contributed by atoms with Gasteiger partial charge in [0.25, 0.3) is 0 Å².